The van der Waals surface area contributed by atoms with Crippen LogP contribution in [0.1, 0.15) is 19.8 Å². The molecule has 4 nitrogen and oxygen atoms in total. The van der Waals surface area contributed by atoms with Crippen LogP contribution in [0.4, 0.5) is 18.0 Å². The van der Waals surface area contributed by atoms with Crippen LogP contribution in [0.5, 0.6) is 0 Å². The van der Waals surface area contributed by atoms with Crippen molar-refractivity contribution in [3.63, 3.8) is 0 Å². The van der Waals surface area contributed by atoms with Gasteiger partial charge in [0.2, 0.25) is 0 Å². The lowest BCUT2D eigenvalue weighted by molar-refractivity contribution is -0.222. The standard InChI is InChI=1S/C10H16F3NO3/c1-2-17-9(16)14-5-3-7(4-6-14)8(15)10(11,12)13/h7-8,15H,2-6H2,1H3/t8-/m1/s1. The molecule has 100 valence electrons. The zero-order chi connectivity index (χ0) is 13.1. The van der Waals surface area contributed by atoms with Crippen LogP contribution < -0.4 is 0 Å². The van der Waals surface area contributed by atoms with Gasteiger partial charge in [-0.25, -0.2) is 4.79 Å². The third kappa shape index (κ3) is 3.76. The SMILES string of the molecule is CCOC(=O)N1CCC([C@@H](O)C(F)(F)F)CC1. The molecule has 0 aromatic carbocycles. The maximum Gasteiger partial charge on any atom is 0.414 e. The smallest absolute Gasteiger partial charge is 0.414 e. The summed E-state index contributed by atoms with van der Waals surface area (Å²) in [6.07, 6.45) is -7.12. The van der Waals surface area contributed by atoms with Gasteiger partial charge in [0.1, 0.15) is 0 Å². The van der Waals surface area contributed by atoms with E-state index in [1.807, 2.05) is 0 Å². The number of hydrogen-bond acceptors (Lipinski definition) is 3. The van der Waals surface area contributed by atoms with E-state index in [4.69, 9.17) is 9.84 Å². The fourth-order valence-electron chi connectivity index (χ4n) is 1.88. The van der Waals surface area contributed by atoms with Crippen LogP contribution in [0.3, 0.4) is 0 Å². The highest BCUT2D eigenvalue weighted by atomic mass is 19.4. The molecule has 0 spiro atoms. The van der Waals surface area contributed by atoms with Gasteiger partial charge in [0.25, 0.3) is 0 Å². The molecule has 0 radical (unpaired) electrons. The van der Waals surface area contributed by atoms with Crippen LogP contribution in [0.2, 0.25) is 0 Å². The van der Waals surface area contributed by atoms with E-state index in [0.29, 0.717) is 0 Å². The molecule has 0 aliphatic carbocycles. The Morgan fingerprint density at radius 2 is 2.00 bits per heavy atom. The van der Waals surface area contributed by atoms with Gasteiger partial charge in [0.15, 0.2) is 6.10 Å². The van der Waals surface area contributed by atoms with Gasteiger partial charge in [0, 0.05) is 13.1 Å². The molecule has 1 atom stereocenters. The van der Waals surface area contributed by atoms with Crippen molar-refractivity contribution in [3.05, 3.63) is 0 Å². The number of piperidine rings is 1. The number of aliphatic hydroxyl groups excluding tert-OH is 1. The van der Waals surface area contributed by atoms with Crippen molar-refractivity contribution in [2.75, 3.05) is 19.7 Å². The third-order valence-electron chi connectivity index (χ3n) is 2.85. The van der Waals surface area contributed by atoms with Crippen molar-refractivity contribution in [3.8, 4) is 0 Å². The first-order valence-electron chi connectivity index (χ1n) is 5.52. The van der Waals surface area contributed by atoms with E-state index in [1.165, 1.54) is 4.90 Å². The maximum absolute atomic E-state index is 12.3. The Morgan fingerprint density at radius 3 is 2.41 bits per heavy atom. The summed E-state index contributed by atoms with van der Waals surface area (Å²) in [4.78, 5) is 12.7. The quantitative estimate of drug-likeness (QED) is 0.818. The van der Waals surface area contributed by atoms with E-state index in [0.717, 1.165) is 0 Å². The van der Waals surface area contributed by atoms with Crippen LogP contribution in [0.15, 0.2) is 0 Å². The van der Waals surface area contributed by atoms with E-state index < -0.39 is 24.3 Å². The van der Waals surface area contributed by atoms with Gasteiger partial charge >= 0.3 is 12.3 Å². The van der Waals surface area contributed by atoms with E-state index in [2.05, 4.69) is 0 Å². The Kier molecular flexibility index (Phi) is 4.62. The van der Waals surface area contributed by atoms with Crippen LogP contribution in [-0.2, 0) is 4.74 Å². The molecule has 1 fully saturated rings. The summed E-state index contributed by atoms with van der Waals surface area (Å²) in [5.41, 5.74) is 0. The topological polar surface area (TPSA) is 49.8 Å². The zero-order valence-corrected chi connectivity index (χ0v) is 9.54. The Labute approximate surface area is 97.3 Å². The minimum absolute atomic E-state index is 0.138. The summed E-state index contributed by atoms with van der Waals surface area (Å²) in [7, 11) is 0. The van der Waals surface area contributed by atoms with Crippen LogP contribution >= 0.6 is 0 Å². The third-order valence-corrected chi connectivity index (χ3v) is 2.85. The van der Waals surface area contributed by atoms with E-state index in [9.17, 15) is 18.0 Å². The Hall–Kier alpha value is -0.980. The first-order chi connectivity index (χ1) is 7.86. The highest BCUT2D eigenvalue weighted by molar-refractivity contribution is 5.67. The van der Waals surface area contributed by atoms with Crippen molar-refractivity contribution in [2.24, 2.45) is 5.92 Å². The Morgan fingerprint density at radius 1 is 1.47 bits per heavy atom. The average molecular weight is 255 g/mol. The van der Waals surface area contributed by atoms with Crippen LogP contribution in [-0.4, -0.2) is 48.1 Å². The summed E-state index contributed by atoms with van der Waals surface area (Å²) in [5.74, 6) is -0.833. The Balaban J connectivity index is 2.43. The maximum atomic E-state index is 12.3. The van der Waals surface area contributed by atoms with Crippen molar-refractivity contribution in [1.82, 2.24) is 4.90 Å². The molecule has 1 aliphatic heterocycles. The molecule has 1 heterocycles. The number of ether oxygens (including phenoxy) is 1. The molecule has 0 saturated carbocycles. The van der Waals surface area contributed by atoms with Gasteiger partial charge in [-0.3, -0.25) is 0 Å². The average Bonchev–Trinajstić information content (AvgIpc) is 2.27. The molecule has 1 amide bonds. The summed E-state index contributed by atoms with van der Waals surface area (Å²) < 4.78 is 41.5. The molecule has 1 aliphatic rings. The predicted octanol–water partition coefficient (Wildman–Crippen LogP) is 1.78. The highest BCUT2D eigenvalue weighted by Gasteiger charge is 2.44. The molecule has 0 aromatic heterocycles. The minimum atomic E-state index is -4.59. The zero-order valence-electron chi connectivity index (χ0n) is 9.54. The fourth-order valence-corrected chi connectivity index (χ4v) is 1.88. The van der Waals surface area contributed by atoms with Gasteiger partial charge in [-0.15, -0.1) is 0 Å². The lowest BCUT2D eigenvalue weighted by Gasteiger charge is -2.34. The number of amides is 1. The van der Waals surface area contributed by atoms with Gasteiger partial charge in [-0.05, 0) is 25.7 Å². The van der Waals surface area contributed by atoms with Crippen LogP contribution in [0, 0.1) is 5.92 Å². The monoisotopic (exact) mass is 255 g/mol. The van der Waals surface area contributed by atoms with E-state index in [1.54, 1.807) is 6.92 Å². The molecular formula is C10H16F3NO3. The lowest BCUT2D eigenvalue weighted by atomic mass is 9.91. The predicted molar refractivity (Wildman–Crippen MR) is 53.4 cm³/mol. The number of carbonyl (C=O) groups excluding carboxylic acids is 1. The molecule has 0 bridgehead atoms. The van der Waals surface area contributed by atoms with Crippen LogP contribution in [0.25, 0.3) is 0 Å². The number of likely N-dealkylation sites (tertiary alicyclic amines) is 1. The molecule has 1 saturated heterocycles. The van der Waals surface area contributed by atoms with E-state index >= 15 is 0 Å². The fraction of sp³-hybridized carbons (Fsp3) is 0.900. The van der Waals surface area contributed by atoms with Crippen molar-refractivity contribution >= 4 is 6.09 Å². The summed E-state index contributed by atoms with van der Waals surface area (Å²) in [5, 5.41) is 9.08. The second-order valence-electron chi connectivity index (χ2n) is 4.01. The number of hydrogen-bond donors (Lipinski definition) is 1. The number of nitrogens with zero attached hydrogens (tertiary/aromatic N) is 1. The van der Waals surface area contributed by atoms with Gasteiger partial charge in [0.05, 0.1) is 6.61 Å². The van der Waals surface area contributed by atoms with Gasteiger partial charge < -0.3 is 14.7 Å². The molecule has 7 heteroatoms. The molecule has 0 unspecified atom stereocenters. The lowest BCUT2D eigenvalue weighted by Crippen LogP contribution is -2.45. The number of halogens is 3. The second kappa shape index (κ2) is 5.57. The number of rotatable bonds is 2. The summed E-state index contributed by atoms with van der Waals surface area (Å²) in [6, 6.07) is 0. The number of carbonyl (C=O) groups is 1. The molecule has 1 N–H and O–H groups in total. The minimum Gasteiger partial charge on any atom is -0.450 e. The number of aliphatic hydroxyl groups is 1. The second-order valence-corrected chi connectivity index (χ2v) is 4.01. The van der Waals surface area contributed by atoms with E-state index in [-0.39, 0.29) is 32.5 Å². The van der Waals surface area contributed by atoms with Crippen molar-refractivity contribution < 1.29 is 27.8 Å². The molecule has 17 heavy (non-hydrogen) atoms. The van der Waals surface area contributed by atoms with Gasteiger partial charge in [-0.1, -0.05) is 0 Å². The van der Waals surface area contributed by atoms with Crippen molar-refractivity contribution in [1.29, 1.82) is 0 Å². The molecular weight excluding hydrogens is 239 g/mol. The summed E-state index contributed by atoms with van der Waals surface area (Å²) in [6.45, 7) is 2.29. The van der Waals surface area contributed by atoms with Gasteiger partial charge in [-0.2, -0.15) is 13.2 Å². The summed E-state index contributed by atoms with van der Waals surface area (Å²) >= 11 is 0. The molecule has 1 rings (SSSR count). The number of alkyl halides is 3. The first kappa shape index (κ1) is 14.1. The van der Waals surface area contributed by atoms with Crippen molar-refractivity contribution in [2.45, 2.75) is 32.0 Å². The highest BCUT2D eigenvalue weighted by Crippen LogP contribution is 2.31. The molecule has 0 aromatic rings. The normalized spacial score (nSPS) is 20.2. The Bertz CT molecular complexity index is 262. The largest absolute Gasteiger partial charge is 0.450 e. The first-order valence-corrected chi connectivity index (χ1v) is 5.52.